The van der Waals surface area contributed by atoms with Gasteiger partial charge >= 0.3 is 39.5 Å². The quantitative estimate of drug-likeness (QED) is 0.0169. The number of carbonyl (C=O) groups excluding carboxylic acids is 4. The van der Waals surface area contributed by atoms with E-state index in [1.165, 1.54) is 0 Å². The molecule has 0 aliphatic heterocycles. The van der Waals surface area contributed by atoms with Gasteiger partial charge < -0.3 is 33.8 Å². The Bertz CT molecular complexity index is 2840. The van der Waals surface area contributed by atoms with Crippen molar-refractivity contribution in [3.8, 4) is 0 Å². The second kappa shape index (κ2) is 74.6. The summed E-state index contributed by atoms with van der Waals surface area (Å²) < 4.78 is 68.2. The van der Waals surface area contributed by atoms with Crippen LogP contribution in [0.15, 0.2) is 219 Å². The normalized spacial score (nSPS) is 15.1. The number of unbranched alkanes of at least 4 members (excludes halogenated alkanes) is 8. The van der Waals surface area contributed by atoms with Crippen LogP contribution in [0.25, 0.3) is 0 Å². The highest BCUT2D eigenvalue weighted by Crippen LogP contribution is 2.45. The Morgan fingerprint density at radius 1 is 0.279 bits per heavy atom. The van der Waals surface area contributed by atoms with Crippen LogP contribution in [-0.4, -0.2) is 96.7 Å². The zero-order chi connectivity index (χ0) is 76.0. The Morgan fingerprint density at radius 3 is 0.856 bits per heavy atom. The highest BCUT2D eigenvalue weighted by Gasteiger charge is 2.30. The molecule has 0 fully saturated rings. The van der Waals surface area contributed by atoms with Gasteiger partial charge in [0.15, 0.2) is 12.2 Å². The molecule has 0 rings (SSSR count). The van der Waals surface area contributed by atoms with Crippen LogP contribution in [0.1, 0.15) is 233 Å². The number of aliphatic hydroxyl groups is 1. The lowest BCUT2D eigenvalue weighted by atomic mass is 10.1. The Labute approximate surface area is 626 Å². The number of rotatable bonds is 68. The fraction of sp³-hybridized carbons (Fsp3) is 0.529. The Morgan fingerprint density at radius 2 is 0.519 bits per heavy atom. The maximum atomic E-state index is 13.1. The van der Waals surface area contributed by atoms with Gasteiger partial charge in [0.05, 0.1) is 39.3 Å². The van der Waals surface area contributed by atoms with Gasteiger partial charge in [-0.1, -0.05) is 272 Å². The summed E-state index contributed by atoms with van der Waals surface area (Å²) in [5, 5.41) is 10.6. The fourth-order valence-corrected chi connectivity index (χ4v) is 10.5. The first-order valence-corrected chi connectivity index (χ1v) is 41.0. The average molecular weight is 1490 g/mol. The molecule has 19 heteroatoms. The second-order valence-corrected chi connectivity index (χ2v) is 27.0. The summed E-state index contributed by atoms with van der Waals surface area (Å²) in [5.41, 5.74) is 0. The number of esters is 4. The van der Waals surface area contributed by atoms with Crippen molar-refractivity contribution in [2.45, 2.75) is 251 Å². The molecule has 0 heterocycles. The van der Waals surface area contributed by atoms with Crippen molar-refractivity contribution in [1.29, 1.82) is 0 Å². The highest BCUT2D eigenvalue weighted by molar-refractivity contribution is 7.47. The largest absolute Gasteiger partial charge is 0.472 e. The van der Waals surface area contributed by atoms with Crippen LogP contribution in [0, 0.1) is 0 Å². The number of hydrogen-bond donors (Lipinski definition) is 3. The molecular weight excluding hydrogens is 1350 g/mol. The van der Waals surface area contributed by atoms with Gasteiger partial charge in [0.25, 0.3) is 0 Å². The van der Waals surface area contributed by atoms with Gasteiger partial charge in [0.2, 0.25) is 0 Å². The molecule has 104 heavy (non-hydrogen) atoms. The molecule has 5 atom stereocenters. The van der Waals surface area contributed by atoms with Crippen molar-refractivity contribution in [1.82, 2.24) is 0 Å². The summed E-state index contributed by atoms with van der Waals surface area (Å²) in [6.45, 7) is 4.07. The van der Waals surface area contributed by atoms with Crippen molar-refractivity contribution in [2.24, 2.45) is 0 Å². The standard InChI is InChI=1S/C85H130O17P2/c1-5-9-13-17-21-25-29-33-37-38-39-40-44-46-50-54-58-62-66-70-83(88)96-76-81(102-85(90)72-68-64-60-56-52-48-43-36-32-28-24-20-16-12-8-4)78-100-104(93,94)98-74-79(86)73-97-103(91,92)99-77-80(101-84(89)71-67-63-59-55-51-47-42-35-31-27-23-19-15-11-7-3)75-95-82(87)69-65-61-57-53-49-45-41-34-30-26-22-18-14-10-6-2/h9-16,21-28,33-37,39-43,46,49-50,52-53,56,61,64-65,68,79-81,86H,5-8,17-20,29-32,38,44-45,47-48,51,54-55,57-60,62-63,66-67,69-78H2,1-4H3,(H,91,92)(H,93,94)/b13-9-,14-10-,15-11-,16-12-,25-21-,26-22-,27-23-,28-24-,37-33-,40-39-,41-34-,42-35-,43-36-,50-46-,53-49-,56-52-,65-61-,68-64-. The van der Waals surface area contributed by atoms with Crippen LogP contribution in [0.5, 0.6) is 0 Å². The molecule has 0 bridgehead atoms. The van der Waals surface area contributed by atoms with E-state index >= 15 is 0 Å². The van der Waals surface area contributed by atoms with E-state index in [2.05, 4.69) is 198 Å². The SMILES string of the molecule is CC/C=C\C/C=C\C/C=C\C/C=C\C/C=C\CCCCCC(=O)OCC(COP(=O)(O)OCC(O)COP(=O)(O)OCC(COC(=O)C/C=C\C/C=C\C/C=C\C/C=C\C/C=C\CC)OC(=O)CCCCCCC/C=C\C/C=C\C/C=C\CC)OC(=O)C/C=C\C/C=C\C/C=C\C/C=C\C/C=C\CC. The van der Waals surface area contributed by atoms with Crippen molar-refractivity contribution in [3.63, 3.8) is 0 Å². The van der Waals surface area contributed by atoms with Crippen LogP contribution < -0.4 is 0 Å². The second-order valence-electron chi connectivity index (χ2n) is 24.1. The summed E-state index contributed by atoms with van der Waals surface area (Å²) in [6.07, 6.45) is 94.2. The summed E-state index contributed by atoms with van der Waals surface area (Å²) in [6, 6.07) is 0. The molecule has 0 saturated carbocycles. The minimum absolute atomic E-state index is 0.0431. The molecule has 17 nitrogen and oxygen atoms in total. The lowest BCUT2D eigenvalue weighted by Gasteiger charge is -2.21. The van der Waals surface area contributed by atoms with Gasteiger partial charge in [-0.05, 0) is 154 Å². The van der Waals surface area contributed by atoms with E-state index < -0.39 is 97.5 Å². The third kappa shape index (κ3) is 73.7. The molecule has 5 unspecified atom stereocenters. The molecule has 0 aromatic heterocycles. The summed E-state index contributed by atoms with van der Waals surface area (Å²) in [4.78, 5) is 72.8. The van der Waals surface area contributed by atoms with Crippen LogP contribution in [0.4, 0.5) is 0 Å². The fourth-order valence-electron chi connectivity index (χ4n) is 8.88. The van der Waals surface area contributed by atoms with E-state index in [-0.39, 0.29) is 25.7 Å². The van der Waals surface area contributed by atoms with Crippen molar-refractivity contribution >= 4 is 39.5 Å². The molecule has 0 spiro atoms. The predicted octanol–water partition coefficient (Wildman–Crippen LogP) is 22.1. The van der Waals surface area contributed by atoms with Gasteiger partial charge in [0, 0.05) is 12.8 Å². The van der Waals surface area contributed by atoms with E-state index in [1.54, 1.807) is 18.2 Å². The molecule has 0 radical (unpaired) electrons. The average Bonchev–Trinajstić information content (AvgIpc) is 0.918. The molecule has 0 saturated heterocycles. The maximum absolute atomic E-state index is 13.1. The smallest absolute Gasteiger partial charge is 0.462 e. The van der Waals surface area contributed by atoms with Crippen LogP contribution in [-0.2, 0) is 65.4 Å². The lowest BCUT2D eigenvalue weighted by Crippen LogP contribution is -2.30. The van der Waals surface area contributed by atoms with Crippen LogP contribution >= 0.6 is 15.6 Å². The number of allylic oxidation sites excluding steroid dienone is 34. The molecule has 0 aliphatic rings. The summed E-state index contributed by atoms with van der Waals surface area (Å²) >= 11 is 0. The summed E-state index contributed by atoms with van der Waals surface area (Å²) in [7, 11) is -10.0. The first kappa shape index (κ1) is 97.4. The molecule has 0 aromatic carbocycles. The van der Waals surface area contributed by atoms with Crippen LogP contribution in [0.2, 0.25) is 0 Å². The third-order valence-electron chi connectivity index (χ3n) is 14.5. The Hall–Kier alpha value is -6.62. The Balaban J connectivity index is 5.57. The highest BCUT2D eigenvalue weighted by atomic mass is 31.2. The molecule has 0 aromatic rings. The third-order valence-corrected chi connectivity index (χ3v) is 16.4. The number of phosphoric ester groups is 2. The van der Waals surface area contributed by atoms with Gasteiger partial charge in [-0.15, -0.1) is 0 Å². The Kier molecular flexibility index (Phi) is 69.9. The number of carbonyl (C=O) groups is 4. The number of ether oxygens (including phenoxy) is 4. The molecule has 3 N–H and O–H groups in total. The van der Waals surface area contributed by atoms with Crippen molar-refractivity contribution < 1.29 is 80.2 Å². The lowest BCUT2D eigenvalue weighted by molar-refractivity contribution is -0.160. The topological polar surface area (TPSA) is 237 Å². The van der Waals surface area contributed by atoms with Gasteiger partial charge in [0.1, 0.15) is 19.3 Å². The number of aliphatic hydroxyl groups excluding tert-OH is 1. The van der Waals surface area contributed by atoms with E-state index in [9.17, 15) is 43.2 Å². The van der Waals surface area contributed by atoms with Crippen molar-refractivity contribution in [3.05, 3.63) is 219 Å². The monoisotopic (exact) mass is 1480 g/mol. The minimum atomic E-state index is -5.03. The van der Waals surface area contributed by atoms with E-state index in [4.69, 9.17) is 37.0 Å². The minimum Gasteiger partial charge on any atom is -0.462 e. The first-order chi connectivity index (χ1) is 50.7. The van der Waals surface area contributed by atoms with Crippen molar-refractivity contribution in [2.75, 3.05) is 39.6 Å². The van der Waals surface area contributed by atoms with Gasteiger partial charge in [-0.3, -0.25) is 37.3 Å². The summed E-state index contributed by atoms with van der Waals surface area (Å²) in [5.74, 6) is -2.56. The van der Waals surface area contributed by atoms with Gasteiger partial charge in [-0.25, -0.2) is 9.13 Å². The first-order valence-electron chi connectivity index (χ1n) is 38.0. The molecule has 0 amide bonds. The van der Waals surface area contributed by atoms with E-state index in [0.29, 0.717) is 25.7 Å². The zero-order valence-electron chi connectivity index (χ0n) is 63.3. The molecular formula is C85H130O17P2. The maximum Gasteiger partial charge on any atom is 0.472 e. The molecule has 582 valence electrons. The van der Waals surface area contributed by atoms with Gasteiger partial charge in [-0.2, -0.15) is 0 Å². The predicted molar refractivity (Wildman–Crippen MR) is 426 cm³/mol. The van der Waals surface area contributed by atoms with Crippen LogP contribution in [0.3, 0.4) is 0 Å². The molecule has 0 aliphatic carbocycles. The zero-order valence-corrected chi connectivity index (χ0v) is 65.1. The van der Waals surface area contributed by atoms with E-state index in [0.717, 1.165) is 154 Å². The number of phosphoric acid groups is 2. The van der Waals surface area contributed by atoms with E-state index in [1.807, 2.05) is 30.4 Å². The number of hydrogen-bond acceptors (Lipinski definition) is 15.